The van der Waals surface area contributed by atoms with E-state index >= 15 is 0 Å². The second-order valence-corrected chi connectivity index (χ2v) is 6.24. The van der Waals surface area contributed by atoms with E-state index in [-0.39, 0.29) is 24.5 Å². The number of rotatable bonds is 6. The van der Waals surface area contributed by atoms with Gasteiger partial charge >= 0.3 is 0 Å². The Kier molecular flexibility index (Phi) is 6.24. The largest absolute Gasteiger partial charge is 0.396 e. The zero-order chi connectivity index (χ0) is 15.1. The summed E-state index contributed by atoms with van der Waals surface area (Å²) in [6.07, 6.45) is 6.77. The smallest absolute Gasteiger partial charge is 0.220 e. The topological polar surface area (TPSA) is 49.3 Å². The number of hydrogen-bond acceptors (Lipinski definition) is 2. The van der Waals surface area contributed by atoms with Gasteiger partial charge in [-0.2, -0.15) is 0 Å². The van der Waals surface area contributed by atoms with Crippen molar-refractivity contribution in [2.75, 3.05) is 6.61 Å². The number of nitrogens with one attached hydrogen (secondary N) is 1. The highest BCUT2D eigenvalue weighted by Crippen LogP contribution is 2.24. The summed E-state index contributed by atoms with van der Waals surface area (Å²) < 4.78 is 0. The minimum Gasteiger partial charge on any atom is -0.396 e. The Morgan fingerprint density at radius 3 is 2.67 bits per heavy atom. The second kappa shape index (κ2) is 8.18. The maximum atomic E-state index is 12.0. The van der Waals surface area contributed by atoms with Gasteiger partial charge in [0.2, 0.25) is 5.91 Å². The molecule has 0 bridgehead atoms. The van der Waals surface area contributed by atoms with E-state index in [2.05, 4.69) is 36.5 Å². The molecule has 2 unspecified atom stereocenters. The van der Waals surface area contributed by atoms with Crippen molar-refractivity contribution in [3.8, 4) is 0 Å². The summed E-state index contributed by atoms with van der Waals surface area (Å²) in [7, 11) is 0. The van der Waals surface area contributed by atoms with Gasteiger partial charge in [-0.3, -0.25) is 4.79 Å². The van der Waals surface area contributed by atoms with Crippen LogP contribution in [0.25, 0.3) is 0 Å². The standard InChI is InChI=1S/C18H27NO2/c1-14-9-11-15(12-10-14)5-4-8-18(21)19-17-7-3-2-6-16(17)13-20/h9-12,16-17,20H,2-8,13H2,1H3,(H,19,21). The van der Waals surface area contributed by atoms with Crippen LogP contribution in [0.1, 0.15) is 49.7 Å². The van der Waals surface area contributed by atoms with Gasteiger partial charge in [0.05, 0.1) is 0 Å². The first-order valence-corrected chi connectivity index (χ1v) is 8.15. The molecule has 21 heavy (non-hydrogen) atoms. The Morgan fingerprint density at radius 1 is 1.24 bits per heavy atom. The van der Waals surface area contributed by atoms with Gasteiger partial charge in [-0.05, 0) is 38.2 Å². The highest BCUT2D eigenvalue weighted by molar-refractivity contribution is 5.76. The van der Waals surface area contributed by atoms with Gasteiger partial charge in [-0.25, -0.2) is 0 Å². The number of hydrogen-bond donors (Lipinski definition) is 2. The van der Waals surface area contributed by atoms with Crippen molar-refractivity contribution in [1.82, 2.24) is 5.32 Å². The summed E-state index contributed by atoms with van der Waals surface area (Å²) in [6.45, 7) is 2.27. The normalized spacial score (nSPS) is 22.0. The van der Waals surface area contributed by atoms with Crippen molar-refractivity contribution in [3.05, 3.63) is 35.4 Å². The molecule has 2 N–H and O–H groups in total. The fourth-order valence-electron chi connectivity index (χ4n) is 3.10. The molecule has 0 heterocycles. The average molecular weight is 289 g/mol. The lowest BCUT2D eigenvalue weighted by Gasteiger charge is -2.30. The Balaban J connectivity index is 1.70. The van der Waals surface area contributed by atoms with Crippen molar-refractivity contribution < 1.29 is 9.90 Å². The van der Waals surface area contributed by atoms with E-state index in [1.165, 1.54) is 17.5 Å². The monoisotopic (exact) mass is 289 g/mol. The quantitative estimate of drug-likeness (QED) is 0.846. The molecule has 1 aromatic carbocycles. The van der Waals surface area contributed by atoms with Crippen LogP contribution in [0, 0.1) is 12.8 Å². The number of aliphatic hydroxyl groups is 1. The summed E-state index contributed by atoms with van der Waals surface area (Å²) in [6, 6.07) is 8.68. The van der Waals surface area contributed by atoms with Crippen molar-refractivity contribution in [2.45, 2.75) is 57.9 Å². The lowest BCUT2D eigenvalue weighted by atomic mass is 9.85. The number of aryl methyl sites for hydroxylation is 2. The van der Waals surface area contributed by atoms with Crippen molar-refractivity contribution in [3.63, 3.8) is 0 Å². The molecule has 0 aliphatic heterocycles. The van der Waals surface area contributed by atoms with Gasteiger partial charge < -0.3 is 10.4 Å². The van der Waals surface area contributed by atoms with Crippen molar-refractivity contribution in [2.24, 2.45) is 5.92 Å². The first-order valence-electron chi connectivity index (χ1n) is 8.15. The SMILES string of the molecule is Cc1ccc(CCCC(=O)NC2CCCCC2CO)cc1. The number of aliphatic hydroxyl groups excluding tert-OH is 1. The lowest BCUT2D eigenvalue weighted by Crippen LogP contribution is -2.43. The van der Waals surface area contributed by atoms with Gasteiger partial charge in [0.25, 0.3) is 0 Å². The molecular weight excluding hydrogens is 262 g/mol. The Hall–Kier alpha value is -1.35. The molecule has 3 heteroatoms. The molecule has 1 aliphatic carbocycles. The molecule has 1 aromatic rings. The summed E-state index contributed by atoms with van der Waals surface area (Å²) in [5.74, 6) is 0.382. The minimum atomic E-state index is 0.132. The molecule has 1 aliphatic rings. The first kappa shape index (κ1) is 16.0. The van der Waals surface area contributed by atoms with Gasteiger partial charge in [0.1, 0.15) is 0 Å². The molecule has 0 radical (unpaired) electrons. The van der Waals surface area contributed by atoms with E-state index in [9.17, 15) is 9.90 Å². The number of carbonyl (C=O) groups excluding carboxylic acids is 1. The van der Waals surface area contributed by atoms with Crippen LogP contribution in [0.5, 0.6) is 0 Å². The molecule has 1 amide bonds. The summed E-state index contributed by atoms with van der Waals surface area (Å²) in [5.41, 5.74) is 2.56. The van der Waals surface area contributed by atoms with E-state index in [4.69, 9.17) is 0 Å². The zero-order valence-corrected chi connectivity index (χ0v) is 13.0. The maximum Gasteiger partial charge on any atom is 0.220 e. The zero-order valence-electron chi connectivity index (χ0n) is 13.0. The van der Waals surface area contributed by atoms with Crippen LogP contribution in [0.15, 0.2) is 24.3 Å². The molecule has 0 aromatic heterocycles. The van der Waals surface area contributed by atoms with Gasteiger partial charge in [0, 0.05) is 25.0 Å². The molecule has 2 rings (SSSR count). The number of benzene rings is 1. The lowest BCUT2D eigenvalue weighted by molar-refractivity contribution is -0.122. The Labute approximate surface area is 127 Å². The third kappa shape index (κ3) is 5.16. The van der Waals surface area contributed by atoms with E-state index in [1.54, 1.807) is 0 Å². The highest BCUT2D eigenvalue weighted by atomic mass is 16.3. The van der Waals surface area contributed by atoms with Crippen LogP contribution in [0.4, 0.5) is 0 Å². The fraction of sp³-hybridized carbons (Fsp3) is 0.611. The average Bonchev–Trinajstić information content (AvgIpc) is 2.50. The maximum absolute atomic E-state index is 12.0. The molecule has 0 saturated heterocycles. The van der Waals surface area contributed by atoms with Gasteiger partial charge in [-0.1, -0.05) is 42.7 Å². The summed E-state index contributed by atoms with van der Waals surface area (Å²) in [4.78, 5) is 12.0. The van der Waals surface area contributed by atoms with Crippen LogP contribution >= 0.6 is 0 Å². The minimum absolute atomic E-state index is 0.132. The van der Waals surface area contributed by atoms with Crippen LogP contribution in [-0.2, 0) is 11.2 Å². The predicted molar refractivity (Wildman–Crippen MR) is 85.1 cm³/mol. The van der Waals surface area contributed by atoms with E-state index in [1.807, 2.05) is 0 Å². The van der Waals surface area contributed by atoms with Crippen LogP contribution < -0.4 is 5.32 Å². The fourth-order valence-corrected chi connectivity index (χ4v) is 3.10. The molecule has 1 fully saturated rings. The molecular formula is C18H27NO2. The first-order chi connectivity index (χ1) is 10.2. The van der Waals surface area contributed by atoms with Crippen LogP contribution in [0.2, 0.25) is 0 Å². The summed E-state index contributed by atoms with van der Waals surface area (Å²) in [5, 5.41) is 12.5. The summed E-state index contributed by atoms with van der Waals surface area (Å²) >= 11 is 0. The third-order valence-corrected chi connectivity index (χ3v) is 4.48. The Bertz CT molecular complexity index is 441. The van der Waals surface area contributed by atoms with Gasteiger partial charge in [0.15, 0.2) is 0 Å². The highest BCUT2D eigenvalue weighted by Gasteiger charge is 2.25. The molecule has 2 atom stereocenters. The van der Waals surface area contributed by atoms with Crippen LogP contribution in [-0.4, -0.2) is 23.7 Å². The van der Waals surface area contributed by atoms with E-state index in [0.717, 1.165) is 32.1 Å². The number of amides is 1. The second-order valence-electron chi connectivity index (χ2n) is 6.24. The van der Waals surface area contributed by atoms with Crippen LogP contribution in [0.3, 0.4) is 0 Å². The number of carbonyl (C=O) groups is 1. The molecule has 0 spiro atoms. The van der Waals surface area contributed by atoms with Crippen molar-refractivity contribution in [1.29, 1.82) is 0 Å². The molecule has 1 saturated carbocycles. The van der Waals surface area contributed by atoms with E-state index in [0.29, 0.717) is 6.42 Å². The predicted octanol–water partition coefficient (Wildman–Crippen LogP) is 2.99. The third-order valence-electron chi connectivity index (χ3n) is 4.48. The molecule has 3 nitrogen and oxygen atoms in total. The Morgan fingerprint density at radius 2 is 1.95 bits per heavy atom. The molecule has 116 valence electrons. The van der Waals surface area contributed by atoms with Crippen molar-refractivity contribution >= 4 is 5.91 Å². The van der Waals surface area contributed by atoms with Gasteiger partial charge in [-0.15, -0.1) is 0 Å². The van der Waals surface area contributed by atoms with E-state index < -0.39 is 0 Å².